The molecule has 0 aliphatic carbocycles. The van der Waals surface area contributed by atoms with E-state index in [4.69, 9.17) is 5.11 Å². The molecule has 4 heteroatoms. The summed E-state index contributed by atoms with van der Waals surface area (Å²) in [5, 5.41) is 11.6. The van der Waals surface area contributed by atoms with Crippen LogP contribution in [0, 0.1) is 10.8 Å². The Hall–Kier alpha value is -1.06. The summed E-state index contributed by atoms with van der Waals surface area (Å²) in [6.45, 7) is 11.2. The van der Waals surface area contributed by atoms with Gasteiger partial charge >= 0.3 is 5.97 Å². The number of carboxylic acid groups (broad SMARTS) is 1. The van der Waals surface area contributed by atoms with Crippen LogP contribution in [0.25, 0.3) is 0 Å². The standard InChI is InChI=1S/C12H23NO3/c1-11(2,3)7-8(14)13-9(10(15)16)12(4,5)6/h9H,7H2,1-6H3,(H,13,14)(H,15,16)/t9-/m0/s1. The van der Waals surface area contributed by atoms with Gasteiger partial charge in [-0.15, -0.1) is 0 Å². The number of aliphatic carboxylic acids is 1. The predicted octanol–water partition coefficient (Wildman–Crippen LogP) is 2.04. The lowest BCUT2D eigenvalue weighted by Crippen LogP contribution is -2.49. The van der Waals surface area contributed by atoms with E-state index in [-0.39, 0.29) is 11.3 Å². The first-order chi connectivity index (χ1) is 6.93. The molecule has 0 radical (unpaired) electrons. The van der Waals surface area contributed by atoms with Crippen LogP contribution in [0.15, 0.2) is 0 Å². The summed E-state index contributed by atoms with van der Waals surface area (Å²) in [5.74, 6) is -1.20. The molecule has 0 aliphatic heterocycles. The molecule has 0 bridgehead atoms. The van der Waals surface area contributed by atoms with Gasteiger partial charge in [0.15, 0.2) is 0 Å². The minimum Gasteiger partial charge on any atom is -0.480 e. The second-order valence-electron chi connectivity index (χ2n) is 6.44. The Bertz CT molecular complexity index is 271. The summed E-state index contributed by atoms with van der Waals surface area (Å²) < 4.78 is 0. The lowest BCUT2D eigenvalue weighted by Gasteiger charge is -2.29. The normalized spacial score (nSPS) is 14.4. The van der Waals surface area contributed by atoms with Gasteiger partial charge in [-0.25, -0.2) is 4.79 Å². The molecule has 0 aromatic heterocycles. The Labute approximate surface area is 97.4 Å². The number of rotatable bonds is 3. The van der Waals surface area contributed by atoms with E-state index >= 15 is 0 Å². The minimum absolute atomic E-state index is 0.134. The summed E-state index contributed by atoms with van der Waals surface area (Å²) in [6, 6.07) is -0.845. The highest BCUT2D eigenvalue weighted by Crippen LogP contribution is 2.22. The number of nitrogens with one attached hydrogen (secondary N) is 1. The molecule has 1 atom stereocenters. The molecular weight excluding hydrogens is 206 g/mol. The smallest absolute Gasteiger partial charge is 0.326 e. The number of carbonyl (C=O) groups is 2. The first kappa shape index (κ1) is 14.9. The number of carboxylic acids is 1. The monoisotopic (exact) mass is 229 g/mol. The fourth-order valence-corrected chi connectivity index (χ4v) is 1.34. The maximum Gasteiger partial charge on any atom is 0.326 e. The van der Waals surface area contributed by atoms with Crippen molar-refractivity contribution < 1.29 is 14.7 Å². The van der Waals surface area contributed by atoms with Gasteiger partial charge in [0.1, 0.15) is 6.04 Å². The van der Waals surface area contributed by atoms with Gasteiger partial charge in [-0.2, -0.15) is 0 Å². The first-order valence-electron chi connectivity index (χ1n) is 5.45. The van der Waals surface area contributed by atoms with Gasteiger partial charge in [0, 0.05) is 6.42 Å². The molecule has 0 rings (SSSR count). The van der Waals surface area contributed by atoms with E-state index in [0.29, 0.717) is 6.42 Å². The minimum atomic E-state index is -0.991. The Morgan fingerprint density at radius 2 is 1.56 bits per heavy atom. The van der Waals surface area contributed by atoms with Crippen molar-refractivity contribution in [2.75, 3.05) is 0 Å². The Morgan fingerprint density at radius 3 is 1.81 bits per heavy atom. The SMILES string of the molecule is CC(C)(C)CC(=O)N[C@@H](C(=O)O)C(C)(C)C. The molecule has 0 aromatic carbocycles. The lowest BCUT2D eigenvalue weighted by molar-refractivity contribution is -0.145. The van der Waals surface area contributed by atoms with Gasteiger partial charge in [0.25, 0.3) is 0 Å². The fraction of sp³-hybridized carbons (Fsp3) is 0.833. The Kier molecular flexibility index (Phi) is 4.53. The van der Waals surface area contributed by atoms with Crippen molar-refractivity contribution in [3.63, 3.8) is 0 Å². The maximum atomic E-state index is 11.6. The van der Waals surface area contributed by atoms with Crippen LogP contribution in [0.5, 0.6) is 0 Å². The van der Waals surface area contributed by atoms with E-state index < -0.39 is 17.4 Å². The molecule has 0 heterocycles. The van der Waals surface area contributed by atoms with Crippen LogP contribution in [-0.4, -0.2) is 23.0 Å². The highest BCUT2D eigenvalue weighted by atomic mass is 16.4. The molecule has 2 N–H and O–H groups in total. The molecule has 0 unspecified atom stereocenters. The van der Waals surface area contributed by atoms with Gasteiger partial charge in [-0.3, -0.25) is 4.79 Å². The van der Waals surface area contributed by atoms with Crippen LogP contribution < -0.4 is 5.32 Å². The Balaban J connectivity index is 4.56. The van der Waals surface area contributed by atoms with Crippen molar-refractivity contribution in [3.8, 4) is 0 Å². The quantitative estimate of drug-likeness (QED) is 0.778. The highest BCUT2D eigenvalue weighted by Gasteiger charge is 2.33. The summed E-state index contributed by atoms with van der Waals surface area (Å²) in [6.07, 6.45) is 0.326. The van der Waals surface area contributed by atoms with Gasteiger partial charge in [-0.05, 0) is 10.8 Å². The van der Waals surface area contributed by atoms with E-state index in [1.807, 2.05) is 20.8 Å². The van der Waals surface area contributed by atoms with Crippen molar-refractivity contribution in [2.24, 2.45) is 10.8 Å². The van der Waals surface area contributed by atoms with E-state index in [0.717, 1.165) is 0 Å². The fourth-order valence-electron chi connectivity index (χ4n) is 1.34. The van der Waals surface area contributed by atoms with Crippen LogP contribution in [0.2, 0.25) is 0 Å². The van der Waals surface area contributed by atoms with Crippen LogP contribution in [0.3, 0.4) is 0 Å². The molecule has 1 amide bonds. The summed E-state index contributed by atoms with van der Waals surface area (Å²) in [7, 11) is 0. The maximum absolute atomic E-state index is 11.6. The second-order valence-corrected chi connectivity index (χ2v) is 6.44. The average molecular weight is 229 g/mol. The molecule has 4 nitrogen and oxygen atoms in total. The van der Waals surface area contributed by atoms with Gasteiger partial charge < -0.3 is 10.4 Å². The van der Waals surface area contributed by atoms with E-state index in [1.54, 1.807) is 20.8 Å². The van der Waals surface area contributed by atoms with Gasteiger partial charge in [0.2, 0.25) is 5.91 Å². The van der Waals surface area contributed by atoms with E-state index in [1.165, 1.54) is 0 Å². The van der Waals surface area contributed by atoms with Crippen molar-refractivity contribution in [2.45, 2.75) is 54.0 Å². The first-order valence-corrected chi connectivity index (χ1v) is 5.45. The number of carbonyl (C=O) groups excluding carboxylic acids is 1. The van der Waals surface area contributed by atoms with E-state index in [9.17, 15) is 9.59 Å². The molecule has 94 valence electrons. The third kappa shape index (κ3) is 5.73. The molecule has 16 heavy (non-hydrogen) atoms. The Morgan fingerprint density at radius 1 is 1.12 bits per heavy atom. The van der Waals surface area contributed by atoms with E-state index in [2.05, 4.69) is 5.32 Å². The van der Waals surface area contributed by atoms with Crippen molar-refractivity contribution in [1.29, 1.82) is 0 Å². The summed E-state index contributed by atoms with van der Waals surface area (Å²) in [5.41, 5.74) is -0.621. The zero-order valence-corrected chi connectivity index (χ0v) is 11.0. The largest absolute Gasteiger partial charge is 0.480 e. The topological polar surface area (TPSA) is 66.4 Å². The zero-order valence-electron chi connectivity index (χ0n) is 11.0. The van der Waals surface area contributed by atoms with Gasteiger partial charge in [0.05, 0.1) is 0 Å². The third-order valence-corrected chi connectivity index (χ3v) is 2.11. The molecule has 0 saturated heterocycles. The highest BCUT2D eigenvalue weighted by molar-refractivity contribution is 5.84. The molecule has 0 aromatic rings. The van der Waals surface area contributed by atoms with Crippen molar-refractivity contribution in [3.05, 3.63) is 0 Å². The zero-order chi connectivity index (χ0) is 13.1. The molecule has 0 aliphatic rings. The van der Waals surface area contributed by atoms with Crippen molar-refractivity contribution in [1.82, 2.24) is 5.32 Å². The average Bonchev–Trinajstić information content (AvgIpc) is 1.93. The molecular formula is C12H23NO3. The predicted molar refractivity (Wildman–Crippen MR) is 63.1 cm³/mol. The molecule has 0 spiro atoms. The number of amides is 1. The third-order valence-electron chi connectivity index (χ3n) is 2.11. The van der Waals surface area contributed by atoms with Crippen LogP contribution in [0.4, 0.5) is 0 Å². The molecule has 0 saturated carbocycles. The van der Waals surface area contributed by atoms with Gasteiger partial charge in [-0.1, -0.05) is 41.5 Å². The summed E-state index contributed by atoms with van der Waals surface area (Å²) in [4.78, 5) is 22.7. The molecule has 0 fully saturated rings. The second kappa shape index (κ2) is 4.85. The lowest BCUT2D eigenvalue weighted by atomic mass is 9.86. The number of hydrogen-bond donors (Lipinski definition) is 2. The van der Waals surface area contributed by atoms with Crippen molar-refractivity contribution >= 4 is 11.9 Å². The number of hydrogen-bond acceptors (Lipinski definition) is 2. The van der Waals surface area contributed by atoms with Crippen LogP contribution >= 0.6 is 0 Å². The van der Waals surface area contributed by atoms with Crippen LogP contribution in [-0.2, 0) is 9.59 Å². The summed E-state index contributed by atoms with van der Waals surface area (Å²) >= 11 is 0. The van der Waals surface area contributed by atoms with Crippen LogP contribution in [0.1, 0.15) is 48.0 Å².